The number of rotatable bonds is 4. The van der Waals surface area contributed by atoms with E-state index in [1.807, 2.05) is 6.92 Å². The minimum absolute atomic E-state index is 0.0839. The number of nitrogen functional groups attached to an aromatic ring is 1. The molecule has 0 fully saturated rings. The molecule has 23 heavy (non-hydrogen) atoms. The number of nitrogens with two attached hydrogens (primary N) is 2. The Morgan fingerprint density at radius 1 is 1.43 bits per heavy atom. The van der Waals surface area contributed by atoms with E-state index in [1.165, 1.54) is 4.68 Å². The summed E-state index contributed by atoms with van der Waals surface area (Å²) in [6.07, 6.45) is 3.26. The van der Waals surface area contributed by atoms with Crippen LogP contribution in [0.5, 0.6) is 0 Å². The van der Waals surface area contributed by atoms with E-state index in [1.54, 1.807) is 44.4 Å². The van der Waals surface area contributed by atoms with Crippen LogP contribution in [0.2, 0.25) is 0 Å². The molecule has 1 heterocycles. The number of carbonyl (C=O) groups is 1. The lowest BCUT2D eigenvalue weighted by Gasteiger charge is -2.21. The Kier molecular flexibility index (Phi) is 4.74. The Morgan fingerprint density at radius 3 is 2.74 bits per heavy atom. The summed E-state index contributed by atoms with van der Waals surface area (Å²) in [5, 5.41) is 7.82. The quantitative estimate of drug-likeness (QED) is 0.278. The van der Waals surface area contributed by atoms with E-state index in [-0.39, 0.29) is 5.84 Å². The second-order valence-corrected chi connectivity index (χ2v) is 6.45. The van der Waals surface area contributed by atoms with Gasteiger partial charge < -0.3 is 16.3 Å². The van der Waals surface area contributed by atoms with Gasteiger partial charge in [-0.1, -0.05) is 17.3 Å². The first-order chi connectivity index (χ1) is 10.7. The maximum absolute atomic E-state index is 12.3. The van der Waals surface area contributed by atoms with Crippen LogP contribution in [0.15, 0.2) is 40.2 Å². The lowest BCUT2D eigenvalue weighted by atomic mass is 10.1. The molecular weight excluding hydrogens is 362 g/mol. The fourth-order valence-corrected chi connectivity index (χ4v) is 2.17. The van der Waals surface area contributed by atoms with Crippen LogP contribution in [-0.4, -0.2) is 21.6 Å². The van der Waals surface area contributed by atoms with Crippen molar-refractivity contribution in [2.45, 2.75) is 26.3 Å². The van der Waals surface area contributed by atoms with Crippen molar-refractivity contribution in [2.75, 3.05) is 5.73 Å². The Balaban J connectivity index is 2.18. The first kappa shape index (κ1) is 17.0. The number of hydrogen-bond acceptors (Lipinski definition) is 5. The van der Waals surface area contributed by atoms with Crippen LogP contribution >= 0.6 is 15.9 Å². The summed E-state index contributed by atoms with van der Waals surface area (Å²) < 4.78 is 2.24. The molecule has 0 bridgehead atoms. The molecule has 0 aliphatic heterocycles. The predicted octanol–water partition coefficient (Wildman–Crippen LogP) is 2.14. The third kappa shape index (κ3) is 3.53. The van der Waals surface area contributed by atoms with E-state index in [9.17, 15) is 4.79 Å². The van der Waals surface area contributed by atoms with E-state index in [2.05, 4.69) is 26.2 Å². The molecule has 0 amide bonds. The molecule has 0 unspecified atom stereocenters. The summed E-state index contributed by atoms with van der Waals surface area (Å²) in [5.41, 5.74) is 12.7. The highest BCUT2D eigenvalue weighted by Crippen LogP contribution is 2.20. The SMILES string of the molecule is Cc1c(N)cccc1/C(N)=N/OC(=O)C(C)(C)n1cc(Br)cn1. The summed E-state index contributed by atoms with van der Waals surface area (Å²) in [4.78, 5) is 17.3. The molecule has 0 aliphatic rings. The molecule has 0 radical (unpaired) electrons. The zero-order chi connectivity index (χ0) is 17.2. The Labute approximate surface area is 142 Å². The standard InChI is InChI=1S/C15H18BrN5O2/c1-9-11(5-4-6-12(9)17)13(18)20-23-14(22)15(2,3)21-8-10(16)7-19-21/h4-8H,17H2,1-3H3,(H2,18,20). The fraction of sp³-hybridized carbons (Fsp3) is 0.267. The first-order valence-corrected chi connectivity index (χ1v) is 7.64. The van der Waals surface area contributed by atoms with Gasteiger partial charge in [0.1, 0.15) is 0 Å². The van der Waals surface area contributed by atoms with Crippen LogP contribution in [-0.2, 0) is 15.2 Å². The highest BCUT2D eigenvalue weighted by atomic mass is 79.9. The molecule has 2 rings (SSSR count). The van der Waals surface area contributed by atoms with Crippen LogP contribution in [0.3, 0.4) is 0 Å². The van der Waals surface area contributed by atoms with Crippen molar-refractivity contribution in [1.82, 2.24) is 9.78 Å². The molecule has 1 aromatic carbocycles. The van der Waals surface area contributed by atoms with E-state index in [0.717, 1.165) is 10.0 Å². The lowest BCUT2D eigenvalue weighted by Crippen LogP contribution is -2.37. The van der Waals surface area contributed by atoms with Crippen molar-refractivity contribution in [3.63, 3.8) is 0 Å². The molecule has 0 atom stereocenters. The van der Waals surface area contributed by atoms with Gasteiger partial charge in [0.25, 0.3) is 0 Å². The molecular formula is C15H18BrN5O2. The largest absolute Gasteiger partial charge is 0.398 e. The van der Waals surface area contributed by atoms with E-state index < -0.39 is 11.5 Å². The molecule has 7 nitrogen and oxygen atoms in total. The van der Waals surface area contributed by atoms with Crippen LogP contribution in [0.25, 0.3) is 0 Å². The van der Waals surface area contributed by atoms with Crippen LogP contribution in [0.4, 0.5) is 5.69 Å². The number of aromatic nitrogens is 2. The van der Waals surface area contributed by atoms with Crippen molar-refractivity contribution < 1.29 is 9.63 Å². The number of halogens is 1. The fourth-order valence-electron chi connectivity index (χ4n) is 1.88. The van der Waals surface area contributed by atoms with Gasteiger partial charge in [-0.25, -0.2) is 4.79 Å². The van der Waals surface area contributed by atoms with Gasteiger partial charge in [-0.2, -0.15) is 5.10 Å². The highest BCUT2D eigenvalue weighted by molar-refractivity contribution is 9.10. The molecule has 8 heteroatoms. The van der Waals surface area contributed by atoms with Gasteiger partial charge in [0.2, 0.25) is 0 Å². The van der Waals surface area contributed by atoms with E-state index >= 15 is 0 Å². The van der Waals surface area contributed by atoms with Gasteiger partial charge in [-0.3, -0.25) is 4.68 Å². The Morgan fingerprint density at radius 2 is 2.13 bits per heavy atom. The average molecular weight is 380 g/mol. The average Bonchev–Trinajstić information content (AvgIpc) is 2.94. The van der Waals surface area contributed by atoms with Gasteiger partial charge in [-0.05, 0) is 48.3 Å². The van der Waals surface area contributed by atoms with Gasteiger partial charge in [0.15, 0.2) is 11.4 Å². The number of nitrogens with zero attached hydrogens (tertiary/aromatic N) is 3. The van der Waals surface area contributed by atoms with E-state index in [0.29, 0.717) is 11.3 Å². The second-order valence-electron chi connectivity index (χ2n) is 5.54. The number of hydrogen-bond donors (Lipinski definition) is 2. The minimum Gasteiger partial charge on any atom is -0.398 e. The second kappa shape index (κ2) is 6.41. The predicted molar refractivity (Wildman–Crippen MR) is 91.7 cm³/mol. The van der Waals surface area contributed by atoms with E-state index in [4.69, 9.17) is 16.3 Å². The third-order valence-electron chi connectivity index (χ3n) is 3.50. The summed E-state index contributed by atoms with van der Waals surface area (Å²) in [7, 11) is 0. The summed E-state index contributed by atoms with van der Waals surface area (Å²) >= 11 is 3.29. The molecule has 0 spiro atoms. The Hall–Kier alpha value is -2.35. The summed E-state index contributed by atoms with van der Waals surface area (Å²) in [6.45, 7) is 5.17. The van der Waals surface area contributed by atoms with Crippen molar-refractivity contribution in [2.24, 2.45) is 10.9 Å². The van der Waals surface area contributed by atoms with Crippen molar-refractivity contribution in [3.05, 3.63) is 46.2 Å². The lowest BCUT2D eigenvalue weighted by molar-refractivity contribution is -0.153. The molecule has 0 saturated heterocycles. The monoisotopic (exact) mass is 379 g/mol. The molecule has 2 aromatic rings. The number of oxime groups is 1. The number of amidine groups is 1. The maximum Gasteiger partial charge on any atom is 0.361 e. The van der Waals surface area contributed by atoms with Crippen LogP contribution < -0.4 is 11.5 Å². The topological polar surface area (TPSA) is 109 Å². The maximum atomic E-state index is 12.3. The van der Waals surface area contributed by atoms with Crippen molar-refractivity contribution in [3.8, 4) is 0 Å². The number of anilines is 1. The molecule has 0 saturated carbocycles. The molecule has 4 N–H and O–H groups in total. The smallest absolute Gasteiger partial charge is 0.361 e. The summed E-state index contributed by atoms with van der Waals surface area (Å²) in [6, 6.07) is 5.28. The van der Waals surface area contributed by atoms with Crippen molar-refractivity contribution in [1.29, 1.82) is 0 Å². The summed E-state index contributed by atoms with van der Waals surface area (Å²) in [5.74, 6) is -0.502. The zero-order valence-electron chi connectivity index (χ0n) is 13.1. The minimum atomic E-state index is -1.03. The van der Waals surface area contributed by atoms with Gasteiger partial charge >= 0.3 is 5.97 Å². The van der Waals surface area contributed by atoms with Gasteiger partial charge in [0.05, 0.1) is 10.7 Å². The van der Waals surface area contributed by atoms with Crippen LogP contribution in [0, 0.1) is 6.92 Å². The van der Waals surface area contributed by atoms with Gasteiger partial charge in [0, 0.05) is 17.4 Å². The normalized spacial score (nSPS) is 12.3. The van der Waals surface area contributed by atoms with Crippen molar-refractivity contribution >= 4 is 33.4 Å². The highest BCUT2D eigenvalue weighted by Gasteiger charge is 2.33. The molecule has 1 aromatic heterocycles. The number of carbonyl (C=O) groups excluding carboxylic acids is 1. The molecule has 122 valence electrons. The zero-order valence-corrected chi connectivity index (χ0v) is 14.7. The van der Waals surface area contributed by atoms with Crippen LogP contribution in [0.1, 0.15) is 25.0 Å². The Bertz CT molecular complexity index is 767. The first-order valence-electron chi connectivity index (χ1n) is 6.84. The molecule has 0 aliphatic carbocycles. The third-order valence-corrected chi connectivity index (χ3v) is 3.91. The van der Waals surface area contributed by atoms with Gasteiger partial charge in [-0.15, -0.1) is 0 Å². The number of benzene rings is 1.